The van der Waals surface area contributed by atoms with Gasteiger partial charge < -0.3 is 25.8 Å². The lowest BCUT2D eigenvalue weighted by molar-refractivity contribution is 0.0962. The first-order valence-electron chi connectivity index (χ1n) is 7.27. The van der Waals surface area contributed by atoms with Crippen LogP contribution >= 0.6 is 0 Å². The van der Waals surface area contributed by atoms with Crippen molar-refractivity contribution in [3.63, 3.8) is 0 Å². The summed E-state index contributed by atoms with van der Waals surface area (Å²) >= 11 is 0. The Bertz CT molecular complexity index is 542. The van der Waals surface area contributed by atoms with Crippen molar-refractivity contribution in [2.24, 2.45) is 5.73 Å². The van der Waals surface area contributed by atoms with E-state index < -0.39 is 0 Å². The van der Waals surface area contributed by atoms with E-state index in [1.165, 1.54) is 0 Å². The first-order valence-corrected chi connectivity index (χ1v) is 7.27. The van der Waals surface area contributed by atoms with Gasteiger partial charge in [0.1, 0.15) is 6.61 Å². The summed E-state index contributed by atoms with van der Waals surface area (Å²) in [6.45, 7) is 4.71. The van der Waals surface area contributed by atoms with Crippen LogP contribution in [0.25, 0.3) is 0 Å². The second kappa shape index (κ2) is 8.81. The predicted molar refractivity (Wildman–Crippen MR) is 87.2 cm³/mol. The zero-order valence-corrected chi connectivity index (χ0v) is 13.7. The summed E-state index contributed by atoms with van der Waals surface area (Å²) in [5.74, 6) is 0.986. The van der Waals surface area contributed by atoms with Gasteiger partial charge in [0.2, 0.25) is 0 Å². The molecule has 0 atom stereocenters. The molecule has 1 aromatic carbocycles. The molecule has 1 amide bonds. The van der Waals surface area contributed by atoms with Crippen LogP contribution in [0.3, 0.4) is 0 Å². The fourth-order valence-electron chi connectivity index (χ4n) is 1.90. The maximum Gasteiger partial charge on any atom is 0.251 e. The molecule has 0 radical (unpaired) electrons. The van der Waals surface area contributed by atoms with E-state index in [0.29, 0.717) is 29.4 Å². The molecule has 0 heterocycles. The van der Waals surface area contributed by atoms with E-state index in [-0.39, 0.29) is 12.5 Å². The molecule has 0 spiro atoms. The Kier molecular flexibility index (Phi) is 7.08. The minimum absolute atomic E-state index is 0.172. The van der Waals surface area contributed by atoms with Crippen LogP contribution in [0.15, 0.2) is 24.0 Å². The number of benzene rings is 1. The van der Waals surface area contributed by atoms with Gasteiger partial charge in [-0.3, -0.25) is 4.79 Å². The fourth-order valence-corrected chi connectivity index (χ4v) is 1.90. The maximum absolute atomic E-state index is 11.8. The van der Waals surface area contributed by atoms with E-state index in [1.807, 2.05) is 13.8 Å². The molecular formula is C16H25N3O3. The molecule has 0 saturated heterocycles. The Morgan fingerprint density at radius 3 is 2.64 bits per heavy atom. The normalized spacial score (nSPS) is 11.0. The Balaban J connectivity index is 3.08. The van der Waals surface area contributed by atoms with E-state index >= 15 is 0 Å². The molecule has 0 aliphatic carbocycles. The lowest BCUT2D eigenvalue weighted by Gasteiger charge is -2.16. The van der Waals surface area contributed by atoms with Crippen molar-refractivity contribution >= 4 is 5.91 Å². The minimum Gasteiger partial charge on any atom is -0.489 e. The molecule has 0 unspecified atom stereocenters. The molecule has 1 rings (SSSR count). The molecule has 0 aliphatic rings. The van der Waals surface area contributed by atoms with Crippen molar-refractivity contribution in [1.82, 2.24) is 10.6 Å². The van der Waals surface area contributed by atoms with Gasteiger partial charge >= 0.3 is 0 Å². The van der Waals surface area contributed by atoms with E-state index in [0.717, 1.165) is 12.0 Å². The number of carbonyl (C=O) groups excluding carboxylic acids is 1. The molecule has 0 bridgehead atoms. The second-order valence-electron chi connectivity index (χ2n) is 4.84. The van der Waals surface area contributed by atoms with E-state index in [2.05, 4.69) is 10.6 Å². The van der Waals surface area contributed by atoms with E-state index in [9.17, 15) is 4.79 Å². The quantitative estimate of drug-likeness (QED) is 0.678. The highest BCUT2D eigenvalue weighted by molar-refractivity contribution is 5.95. The van der Waals surface area contributed by atoms with Crippen LogP contribution < -0.4 is 25.8 Å². The molecule has 0 aromatic heterocycles. The molecule has 0 saturated carbocycles. The highest BCUT2D eigenvalue weighted by atomic mass is 16.5. The van der Waals surface area contributed by atoms with Gasteiger partial charge in [0.25, 0.3) is 5.91 Å². The van der Waals surface area contributed by atoms with E-state index in [4.69, 9.17) is 15.2 Å². The number of ether oxygens (including phenoxy) is 2. The number of hydrogen-bond acceptors (Lipinski definition) is 5. The third kappa shape index (κ3) is 4.87. The average molecular weight is 307 g/mol. The molecule has 0 fully saturated rings. The fraction of sp³-hybridized carbons (Fsp3) is 0.438. The molecule has 6 heteroatoms. The van der Waals surface area contributed by atoms with Crippen LogP contribution in [0.2, 0.25) is 0 Å². The van der Waals surface area contributed by atoms with Crippen LogP contribution in [0, 0.1) is 6.92 Å². The summed E-state index contributed by atoms with van der Waals surface area (Å²) < 4.78 is 11.5. The largest absolute Gasteiger partial charge is 0.489 e. The Hall–Kier alpha value is -2.37. The number of amides is 1. The Morgan fingerprint density at radius 1 is 1.32 bits per heavy atom. The van der Waals surface area contributed by atoms with Gasteiger partial charge in [-0.2, -0.15) is 0 Å². The van der Waals surface area contributed by atoms with Crippen molar-refractivity contribution in [3.8, 4) is 11.5 Å². The number of aryl methyl sites for hydroxylation is 1. The predicted octanol–water partition coefficient (Wildman–Crippen LogP) is 1.54. The summed E-state index contributed by atoms with van der Waals surface area (Å²) in [5, 5.41) is 5.44. The Labute approximate surface area is 131 Å². The van der Waals surface area contributed by atoms with Gasteiger partial charge in [0, 0.05) is 25.9 Å². The van der Waals surface area contributed by atoms with Crippen molar-refractivity contribution in [1.29, 1.82) is 0 Å². The molecule has 122 valence electrons. The van der Waals surface area contributed by atoms with Gasteiger partial charge in [-0.15, -0.1) is 0 Å². The average Bonchev–Trinajstić information content (AvgIpc) is 2.51. The van der Waals surface area contributed by atoms with Crippen LogP contribution in [0.5, 0.6) is 11.5 Å². The molecule has 4 N–H and O–H groups in total. The molecular weight excluding hydrogens is 282 g/mol. The van der Waals surface area contributed by atoms with Crippen LogP contribution in [-0.2, 0) is 0 Å². The van der Waals surface area contributed by atoms with Crippen LogP contribution in [-0.4, -0.2) is 33.2 Å². The first kappa shape index (κ1) is 17.7. The molecule has 22 heavy (non-hydrogen) atoms. The van der Waals surface area contributed by atoms with Crippen LogP contribution in [0.1, 0.15) is 29.3 Å². The third-order valence-electron chi connectivity index (χ3n) is 2.90. The van der Waals surface area contributed by atoms with E-state index in [1.54, 1.807) is 32.4 Å². The second-order valence-corrected chi connectivity index (χ2v) is 4.84. The van der Waals surface area contributed by atoms with Gasteiger partial charge in [-0.25, -0.2) is 0 Å². The lowest BCUT2D eigenvalue weighted by Crippen LogP contribution is -2.19. The first-order chi connectivity index (χ1) is 10.5. The smallest absolute Gasteiger partial charge is 0.251 e. The van der Waals surface area contributed by atoms with Crippen molar-refractivity contribution in [2.45, 2.75) is 20.3 Å². The number of nitrogens with two attached hydrogens (primary N) is 1. The lowest BCUT2D eigenvalue weighted by atomic mass is 10.1. The molecule has 6 nitrogen and oxygen atoms in total. The highest BCUT2D eigenvalue weighted by Gasteiger charge is 2.14. The zero-order chi connectivity index (χ0) is 16.5. The monoisotopic (exact) mass is 307 g/mol. The SMILES string of the molecule is CCCOc1c(C)cc(C(=O)NC)cc1OC/C(N)=C/NC. The Morgan fingerprint density at radius 2 is 2.05 bits per heavy atom. The molecule has 0 aliphatic heterocycles. The third-order valence-corrected chi connectivity index (χ3v) is 2.90. The van der Waals surface area contributed by atoms with Gasteiger partial charge in [0.15, 0.2) is 11.5 Å². The van der Waals surface area contributed by atoms with Gasteiger partial charge in [0.05, 0.1) is 12.3 Å². The molecule has 1 aromatic rings. The topological polar surface area (TPSA) is 85.6 Å². The highest BCUT2D eigenvalue weighted by Crippen LogP contribution is 2.33. The number of carbonyl (C=O) groups is 1. The number of nitrogens with one attached hydrogen (secondary N) is 2. The number of hydrogen-bond donors (Lipinski definition) is 3. The summed E-state index contributed by atoms with van der Waals surface area (Å²) in [7, 11) is 3.35. The van der Waals surface area contributed by atoms with Crippen LogP contribution in [0.4, 0.5) is 0 Å². The summed E-state index contributed by atoms with van der Waals surface area (Å²) in [6, 6.07) is 3.45. The summed E-state index contributed by atoms with van der Waals surface area (Å²) in [4.78, 5) is 11.8. The standard InChI is InChI=1S/C16H25N3O3/c1-5-6-21-15-11(2)7-12(16(20)19-4)8-14(15)22-10-13(17)9-18-3/h7-9,18H,5-6,10,17H2,1-4H3,(H,19,20)/b13-9-. The summed E-state index contributed by atoms with van der Waals surface area (Å²) in [5.41, 5.74) is 7.72. The van der Waals surface area contributed by atoms with Gasteiger partial charge in [-0.1, -0.05) is 6.92 Å². The van der Waals surface area contributed by atoms with Crippen molar-refractivity contribution in [3.05, 3.63) is 35.2 Å². The summed E-state index contributed by atoms with van der Waals surface area (Å²) in [6.07, 6.45) is 2.54. The maximum atomic E-state index is 11.8. The van der Waals surface area contributed by atoms with Crippen molar-refractivity contribution < 1.29 is 14.3 Å². The zero-order valence-electron chi connectivity index (χ0n) is 13.7. The van der Waals surface area contributed by atoms with Gasteiger partial charge in [-0.05, 0) is 31.0 Å². The minimum atomic E-state index is -0.172. The van der Waals surface area contributed by atoms with Crippen molar-refractivity contribution in [2.75, 3.05) is 27.3 Å². The number of rotatable bonds is 8.